The summed E-state index contributed by atoms with van der Waals surface area (Å²) in [6.45, 7) is 2.75. The van der Waals surface area contributed by atoms with Crippen LogP contribution in [0.4, 0.5) is 11.5 Å². The second kappa shape index (κ2) is 5.74. The monoisotopic (exact) mass is 341 g/mol. The standard InChI is InChI=1S/C17H16BrN3/c1-11-12(4-2-7-16(11)19)10-21-17-14-5-3-6-15(18)13(14)8-9-20-17/h2-9H,10,19H2,1H3,(H,20,21). The zero-order valence-electron chi connectivity index (χ0n) is 11.7. The van der Waals surface area contributed by atoms with E-state index in [2.05, 4.69) is 38.4 Å². The molecule has 4 heteroatoms. The number of fused-ring (bicyclic) bond motifs is 1. The maximum atomic E-state index is 5.95. The number of nitrogens with one attached hydrogen (secondary N) is 1. The first kappa shape index (κ1) is 13.9. The topological polar surface area (TPSA) is 50.9 Å². The van der Waals surface area contributed by atoms with Crippen molar-refractivity contribution in [3.8, 4) is 0 Å². The number of hydrogen-bond donors (Lipinski definition) is 2. The molecule has 3 nitrogen and oxygen atoms in total. The molecule has 3 rings (SSSR count). The number of benzene rings is 2. The summed E-state index contributed by atoms with van der Waals surface area (Å²) >= 11 is 3.58. The minimum atomic E-state index is 0.704. The molecule has 0 radical (unpaired) electrons. The van der Waals surface area contributed by atoms with Gasteiger partial charge in [-0.3, -0.25) is 0 Å². The minimum absolute atomic E-state index is 0.704. The van der Waals surface area contributed by atoms with Gasteiger partial charge < -0.3 is 11.1 Å². The molecule has 0 atom stereocenters. The Morgan fingerprint density at radius 3 is 2.76 bits per heavy atom. The molecule has 1 heterocycles. The fourth-order valence-electron chi connectivity index (χ4n) is 2.38. The Labute approximate surface area is 132 Å². The number of pyridine rings is 1. The van der Waals surface area contributed by atoms with Crippen LogP contribution in [0, 0.1) is 6.92 Å². The highest BCUT2D eigenvalue weighted by molar-refractivity contribution is 9.10. The van der Waals surface area contributed by atoms with Gasteiger partial charge in [0.1, 0.15) is 5.82 Å². The van der Waals surface area contributed by atoms with Crippen molar-refractivity contribution in [3.63, 3.8) is 0 Å². The molecule has 0 aliphatic carbocycles. The zero-order valence-corrected chi connectivity index (χ0v) is 13.3. The quantitative estimate of drug-likeness (QED) is 0.689. The highest BCUT2D eigenvalue weighted by Gasteiger charge is 2.06. The van der Waals surface area contributed by atoms with Crippen LogP contribution in [0.3, 0.4) is 0 Å². The first-order valence-corrected chi connectivity index (χ1v) is 7.57. The first-order valence-electron chi connectivity index (χ1n) is 6.78. The van der Waals surface area contributed by atoms with E-state index in [4.69, 9.17) is 5.73 Å². The van der Waals surface area contributed by atoms with Gasteiger partial charge in [0, 0.05) is 33.7 Å². The van der Waals surface area contributed by atoms with E-state index in [0.29, 0.717) is 6.54 Å². The first-order chi connectivity index (χ1) is 10.2. The molecule has 0 fully saturated rings. The number of anilines is 2. The minimum Gasteiger partial charge on any atom is -0.399 e. The van der Waals surface area contributed by atoms with E-state index in [-0.39, 0.29) is 0 Å². The van der Waals surface area contributed by atoms with Crippen LogP contribution in [0.25, 0.3) is 10.8 Å². The lowest BCUT2D eigenvalue weighted by Gasteiger charge is -2.12. The summed E-state index contributed by atoms with van der Waals surface area (Å²) in [6.07, 6.45) is 1.82. The van der Waals surface area contributed by atoms with Crippen LogP contribution in [0.5, 0.6) is 0 Å². The van der Waals surface area contributed by atoms with Gasteiger partial charge in [0.2, 0.25) is 0 Å². The number of nitrogens with zero attached hydrogens (tertiary/aromatic N) is 1. The Bertz CT molecular complexity index is 799. The van der Waals surface area contributed by atoms with Gasteiger partial charge in [0.25, 0.3) is 0 Å². The Kier molecular flexibility index (Phi) is 3.80. The molecule has 21 heavy (non-hydrogen) atoms. The number of halogens is 1. The maximum Gasteiger partial charge on any atom is 0.134 e. The molecule has 3 aromatic rings. The van der Waals surface area contributed by atoms with Gasteiger partial charge in [-0.25, -0.2) is 4.98 Å². The second-order valence-corrected chi connectivity index (χ2v) is 5.83. The Morgan fingerprint density at radius 1 is 1.10 bits per heavy atom. The SMILES string of the molecule is Cc1c(N)cccc1CNc1nccc2c(Br)cccc12. The molecule has 3 N–H and O–H groups in total. The number of nitrogens with two attached hydrogens (primary N) is 1. The molecule has 0 saturated heterocycles. The van der Waals surface area contributed by atoms with E-state index in [1.54, 1.807) is 0 Å². The average molecular weight is 342 g/mol. The van der Waals surface area contributed by atoms with Crippen LogP contribution in [-0.2, 0) is 6.54 Å². The third kappa shape index (κ3) is 2.72. The Morgan fingerprint density at radius 2 is 1.90 bits per heavy atom. The van der Waals surface area contributed by atoms with E-state index >= 15 is 0 Å². The molecule has 0 aliphatic rings. The third-order valence-electron chi connectivity index (χ3n) is 3.69. The van der Waals surface area contributed by atoms with Crippen molar-refractivity contribution in [2.24, 2.45) is 0 Å². The third-order valence-corrected chi connectivity index (χ3v) is 4.38. The highest BCUT2D eigenvalue weighted by Crippen LogP contribution is 2.28. The van der Waals surface area contributed by atoms with E-state index in [9.17, 15) is 0 Å². The lowest BCUT2D eigenvalue weighted by Crippen LogP contribution is -2.04. The van der Waals surface area contributed by atoms with Crippen molar-refractivity contribution in [1.82, 2.24) is 4.98 Å². The number of aromatic nitrogens is 1. The van der Waals surface area contributed by atoms with Gasteiger partial charge in [-0.05, 0) is 36.2 Å². The molecular weight excluding hydrogens is 326 g/mol. The number of nitrogen functional groups attached to an aromatic ring is 1. The summed E-state index contributed by atoms with van der Waals surface area (Å²) in [6, 6.07) is 14.1. The number of hydrogen-bond acceptors (Lipinski definition) is 3. The molecular formula is C17H16BrN3. The van der Waals surface area contributed by atoms with Crippen LogP contribution in [0.15, 0.2) is 53.1 Å². The summed E-state index contributed by atoms with van der Waals surface area (Å²) in [5, 5.41) is 5.67. The smallest absolute Gasteiger partial charge is 0.134 e. The van der Waals surface area contributed by atoms with Crippen LogP contribution < -0.4 is 11.1 Å². The van der Waals surface area contributed by atoms with Crippen molar-refractivity contribution in [3.05, 3.63) is 64.3 Å². The summed E-state index contributed by atoms with van der Waals surface area (Å²) in [5.41, 5.74) is 9.07. The van der Waals surface area contributed by atoms with E-state index in [0.717, 1.165) is 32.3 Å². The van der Waals surface area contributed by atoms with Crippen LogP contribution in [0.2, 0.25) is 0 Å². The molecule has 2 aromatic carbocycles. The molecule has 0 saturated carbocycles. The van der Waals surface area contributed by atoms with E-state index in [1.165, 1.54) is 5.56 Å². The highest BCUT2D eigenvalue weighted by atomic mass is 79.9. The predicted octanol–water partition coefficient (Wildman–Crippen LogP) is 4.50. The van der Waals surface area contributed by atoms with E-state index < -0.39 is 0 Å². The zero-order chi connectivity index (χ0) is 14.8. The van der Waals surface area contributed by atoms with Gasteiger partial charge in [0.05, 0.1) is 0 Å². The fourth-order valence-corrected chi connectivity index (χ4v) is 2.88. The van der Waals surface area contributed by atoms with Crippen molar-refractivity contribution in [2.75, 3.05) is 11.1 Å². The molecule has 0 aliphatic heterocycles. The van der Waals surface area contributed by atoms with Crippen LogP contribution in [-0.4, -0.2) is 4.98 Å². The molecule has 1 aromatic heterocycles. The van der Waals surface area contributed by atoms with Gasteiger partial charge in [-0.15, -0.1) is 0 Å². The van der Waals surface area contributed by atoms with Gasteiger partial charge >= 0.3 is 0 Å². The molecule has 0 amide bonds. The summed E-state index contributed by atoms with van der Waals surface area (Å²) in [7, 11) is 0. The number of rotatable bonds is 3. The van der Waals surface area contributed by atoms with Gasteiger partial charge in [0.15, 0.2) is 0 Å². The normalized spacial score (nSPS) is 10.8. The molecule has 106 valence electrons. The average Bonchev–Trinajstić information content (AvgIpc) is 2.49. The predicted molar refractivity (Wildman–Crippen MR) is 92.4 cm³/mol. The molecule has 0 unspecified atom stereocenters. The van der Waals surface area contributed by atoms with Gasteiger partial charge in [-0.1, -0.05) is 40.2 Å². The molecule has 0 spiro atoms. The van der Waals surface area contributed by atoms with Crippen LogP contribution >= 0.6 is 15.9 Å². The fraction of sp³-hybridized carbons (Fsp3) is 0.118. The van der Waals surface area contributed by atoms with Crippen molar-refractivity contribution < 1.29 is 0 Å². The lowest BCUT2D eigenvalue weighted by atomic mass is 10.1. The van der Waals surface area contributed by atoms with Crippen molar-refractivity contribution in [2.45, 2.75) is 13.5 Å². The van der Waals surface area contributed by atoms with E-state index in [1.807, 2.05) is 43.5 Å². The maximum absolute atomic E-state index is 5.95. The molecule has 0 bridgehead atoms. The Hall–Kier alpha value is -2.07. The largest absolute Gasteiger partial charge is 0.399 e. The second-order valence-electron chi connectivity index (χ2n) is 4.98. The van der Waals surface area contributed by atoms with Crippen molar-refractivity contribution in [1.29, 1.82) is 0 Å². The Balaban J connectivity index is 1.92. The summed E-state index contributed by atoms with van der Waals surface area (Å²) in [5.74, 6) is 0.885. The van der Waals surface area contributed by atoms with Crippen molar-refractivity contribution >= 4 is 38.2 Å². The van der Waals surface area contributed by atoms with Crippen LogP contribution in [0.1, 0.15) is 11.1 Å². The van der Waals surface area contributed by atoms with Gasteiger partial charge in [-0.2, -0.15) is 0 Å². The summed E-state index contributed by atoms with van der Waals surface area (Å²) in [4.78, 5) is 4.45. The summed E-state index contributed by atoms with van der Waals surface area (Å²) < 4.78 is 1.07. The lowest BCUT2D eigenvalue weighted by molar-refractivity contribution is 1.10.